The second kappa shape index (κ2) is 5.67. The van der Waals surface area contributed by atoms with Crippen molar-refractivity contribution in [1.82, 2.24) is 4.57 Å². The number of fused-ring (bicyclic) bond motifs is 2. The van der Waals surface area contributed by atoms with E-state index in [0.717, 1.165) is 39.2 Å². The van der Waals surface area contributed by atoms with Crippen molar-refractivity contribution in [2.75, 3.05) is 4.90 Å². The molecule has 1 aliphatic heterocycles. The molecule has 24 heavy (non-hydrogen) atoms. The molecule has 0 saturated heterocycles. The zero-order valence-corrected chi connectivity index (χ0v) is 14.0. The molecule has 1 aromatic heterocycles. The summed E-state index contributed by atoms with van der Waals surface area (Å²) in [6, 6.07) is 13.7. The van der Waals surface area contributed by atoms with Crippen LogP contribution in [0.5, 0.6) is 0 Å². The van der Waals surface area contributed by atoms with Gasteiger partial charge in [0.15, 0.2) is 0 Å². The molecule has 0 saturated carbocycles. The lowest BCUT2D eigenvalue weighted by molar-refractivity contribution is 0.0752. The van der Waals surface area contributed by atoms with Crippen molar-refractivity contribution in [3.63, 3.8) is 0 Å². The van der Waals surface area contributed by atoms with Crippen LogP contribution in [0, 0.1) is 0 Å². The number of hydrogen-bond acceptors (Lipinski definition) is 1. The number of hydrogen-bond donors (Lipinski definition) is 0. The predicted molar refractivity (Wildman–Crippen MR) is 96.9 cm³/mol. The number of halogens is 2. The van der Waals surface area contributed by atoms with Gasteiger partial charge in [0.05, 0.1) is 5.52 Å². The molecule has 1 aliphatic rings. The van der Waals surface area contributed by atoms with E-state index in [2.05, 4.69) is 30.0 Å². The van der Waals surface area contributed by atoms with Crippen molar-refractivity contribution >= 4 is 33.8 Å². The molecule has 0 amide bonds. The number of aromatic nitrogens is 1. The van der Waals surface area contributed by atoms with E-state index < -0.39 is 6.55 Å². The molecule has 2 heterocycles. The molecular formula is C19H16F2N2S. The van der Waals surface area contributed by atoms with Gasteiger partial charge in [0, 0.05) is 29.4 Å². The fraction of sp³-hybridized carbons (Fsp3) is 0.211. The minimum absolute atomic E-state index is 0.532. The van der Waals surface area contributed by atoms with Crippen LogP contribution in [0.4, 0.5) is 14.5 Å². The van der Waals surface area contributed by atoms with Gasteiger partial charge in [-0.05, 0) is 47.9 Å². The summed E-state index contributed by atoms with van der Waals surface area (Å²) in [6.45, 7) is 0.316. The maximum Gasteiger partial charge on any atom is 0.319 e. The Morgan fingerprint density at radius 3 is 2.71 bits per heavy atom. The highest BCUT2D eigenvalue weighted by Crippen LogP contribution is 2.32. The van der Waals surface area contributed by atoms with Gasteiger partial charge in [0.2, 0.25) is 0 Å². The van der Waals surface area contributed by atoms with Crippen LogP contribution in [-0.4, -0.2) is 9.56 Å². The average molecular weight is 342 g/mol. The maximum absolute atomic E-state index is 13.0. The summed E-state index contributed by atoms with van der Waals surface area (Å²) in [4.78, 5) is 2.87. The molecule has 0 N–H and O–H groups in total. The van der Waals surface area contributed by atoms with Gasteiger partial charge in [-0.25, -0.2) is 0 Å². The summed E-state index contributed by atoms with van der Waals surface area (Å²) >= 11 is 5.66. The lowest BCUT2D eigenvalue weighted by atomic mass is 10.1. The third-order valence-electron chi connectivity index (χ3n) is 4.61. The minimum Gasteiger partial charge on any atom is -0.328 e. The smallest absolute Gasteiger partial charge is 0.319 e. The number of thiocarbonyl (C=S) groups is 1. The topological polar surface area (TPSA) is 8.17 Å². The van der Waals surface area contributed by atoms with E-state index in [-0.39, 0.29) is 0 Å². The van der Waals surface area contributed by atoms with E-state index in [1.165, 1.54) is 17.3 Å². The average Bonchev–Trinajstić information content (AvgIpc) is 3.15. The quantitative estimate of drug-likeness (QED) is 0.597. The van der Waals surface area contributed by atoms with E-state index >= 15 is 0 Å². The Morgan fingerprint density at radius 2 is 1.96 bits per heavy atom. The molecule has 3 aromatic rings. The molecule has 0 aliphatic carbocycles. The zero-order valence-electron chi connectivity index (χ0n) is 13.2. The highest BCUT2D eigenvalue weighted by molar-refractivity contribution is 7.81. The number of nitrogens with zero attached hydrogens (tertiary/aromatic N) is 2. The number of alkyl halides is 2. The van der Waals surface area contributed by atoms with Crippen molar-refractivity contribution in [3.8, 4) is 0 Å². The molecule has 0 radical (unpaired) electrons. The van der Waals surface area contributed by atoms with Gasteiger partial charge in [0.25, 0.3) is 0 Å². The number of aryl methyl sites for hydroxylation is 1. The van der Waals surface area contributed by atoms with Crippen LogP contribution < -0.4 is 4.90 Å². The summed E-state index contributed by atoms with van der Waals surface area (Å²) in [6.07, 6.45) is 2.40. The number of anilines is 1. The SMILES string of the molecule is CCc1ccc2c(c1)C(=S)N(c1ccc3c(ccn3C(F)F)c1)C2. The first-order valence-corrected chi connectivity index (χ1v) is 8.31. The Hall–Kier alpha value is -2.27. The Kier molecular flexibility index (Phi) is 3.61. The van der Waals surface area contributed by atoms with Gasteiger partial charge < -0.3 is 4.90 Å². The molecule has 4 rings (SSSR count). The third kappa shape index (κ3) is 2.31. The number of rotatable bonds is 3. The summed E-state index contributed by atoms with van der Waals surface area (Å²) in [5.41, 5.74) is 5.05. The normalized spacial score (nSPS) is 14.0. The fourth-order valence-corrected chi connectivity index (χ4v) is 3.63. The second-order valence-corrected chi connectivity index (χ2v) is 6.37. The monoisotopic (exact) mass is 342 g/mol. The highest BCUT2D eigenvalue weighted by Gasteiger charge is 2.25. The summed E-state index contributed by atoms with van der Waals surface area (Å²) < 4.78 is 26.9. The van der Waals surface area contributed by atoms with Crippen LogP contribution in [0.1, 0.15) is 30.2 Å². The highest BCUT2D eigenvalue weighted by atomic mass is 32.1. The van der Waals surface area contributed by atoms with Gasteiger partial charge in [-0.1, -0.05) is 31.3 Å². The minimum atomic E-state index is -2.53. The molecular weight excluding hydrogens is 326 g/mol. The zero-order chi connectivity index (χ0) is 16.8. The van der Waals surface area contributed by atoms with Gasteiger partial charge in [-0.2, -0.15) is 8.78 Å². The summed E-state index contributed by atoms with van der Waals surface area (Å²) in [7, 11) is 0. The molecule has 2 aromatic carbocycles. The molecule has 5 heteroatoms. The van der Waals surface area contributed by atoms with Crippen LogP contribution in [0.25, 0.3) is 10.9 Å². The van der Waals surface area contributed by atoms with Crippen LogP contribution in [0.3, 0.4) is 0 Å². The standard InChI is InChI=1S/C19H16F2N2S/c1-2-12-3-4-14-11-23(18(24)16(14)9-12)15-5-6-17-13(10-15)7-8-22(17)19(20)21/h3-10,19H,2,11H2,1H3. The van der Waals surface area contributed by atoms with E-state index in [9.17, 15) is 8.78 Å². The first-order valence-electron chi connectivity index (χ1n) is 7.91. The van der Waals surface area contributed by atoms with Crippen molar-refractivity contribution in [3.05, 3.63) is 65.4 Å². The first kappa shape index (κ1) is 15.3. The van der Waals surface area contributed by atoms with Gasteiger partial charge in [-0.3, -0.25) is 4.57 Å². The third-order valence-corrected chi connectivity index (χ3v) is 5.05. The molecule has 0 atom stereocenters. The van der Waals surface area contributed by atoms with Crippen LogP contribution in [0.15, 0.2) is 48.7 Å². The fourth-order valence-electron chi connectivity index (χ4n) is 3.27. The molecule has 2 nitrogen and oxygen atoms in total. The lowest BCUT2D eigenvalue weighted by Crippen LogP contribution is -2.21. The Balaban J connectivity index is 1.72. The number of benzene rings is 2. The molecule has 0 unspecified atom stereocenters. The van der Waals surface area contributed by atoms with Crippen molar-refractivity contribution in [2.45, 2.75) is 26.4 Å². The Labute approximate surface area is 144 Å². The van der Waals surface area contributed by atoms with Gasteiger partial charge >= 0.3 is 6.55 Å². The van der Waals surface area contributed by atoms with Crippen LogP contribution in [0.2, 0.25) is 0 Å². The molecule has 0 spiro atoms. The second-order valence-electron chi connectivity index (χ2n) is 5.98. The van der Waals surface area contributed by atoms with Crippen molar-refractivity contribution in [2.24, 2.45) is 0 Å². The van der Waals surface area contributed by atoms with E-state index in [1.807, 2.05) is 12.1 Å². The van der Waals surface area contributed by atoms with Gasteiger partial charge in [-0.15, -0.1) is 0 Å². The summed E-state index contributed by atoms with van der Waals surface area (Å²) in [5, 5.41) is 0.792. The summed E-state index contributed by atoms with van der Waals surface area (Å²) in [5.74, 6) is 0. The van der Waals surface area contributed by atoms with Crippen LogP contribution in [-0.2, 0) is 13.0 Å². The predicted octanol–water partition coefficient (Wildman–Crippen LogP) is 5.29. The lowest BCUT2D eigenvalue weighted by Gasteiger charge is -2.18. The molecule has 0 fully saturated rings. The first-order chi connectivity index (χ1) is 11.6. The molecule has 0 bridgehead atoms. The van der Waals surface area contributed by atoms with E-state index in [1.54, 1.807) is 12.1 Å². The van der Waals surface area contributed by atoms with Gasteiger partial charge in [0.1, 0.15) is 4.99 Å². The Morgan fingerprint density at radius 1 is 1.12 bits per heavy atom. The van der Waals surface area contributed by atoms with E-state index in [4.69, 9.17) is 12.2 Å². The largest absolute Gasteiger partial charge is 0.328 e. The van der Waals surface area contributed by atoms with E-state index in [0.29, 0.717) is 5.52 Å². The van der Waals surface area contributed by atoms with Crippen LogP contribution >= 0.6 is 12.2 Å². The van der Waals surface area contributed by atoms with Crippen molar-refractivity contribution in [1.29, 1.82) is 0 Å². The van der Waals surface area contributed by atoms with Crippen molar-refractivity contribution < 1.29 is 8.78 Å². The Bertz CT molecular complexity index is 946. The molecule has 122 valence electrons. The maximum atomic E-state index is 13.0.